The van der Waals surface area contributed by atoms with Gasteiger partial charge in [0.1, 0.15) is 23.0 Å². The lowest BCUT2D eigenvalue weighted by Gasteiger charge is -1.97. The molecule has 0 fully saturated rings. The van der Waals surface area contributed by atoms with Gasteiger partial charge in [0.2, 0.25) is 0 Å². The van der Waals surface area contributed by atoms with Gasteiger partial charge in [-0.1, -0.05) is 11.2 Å². The van der Waals surface area contributed by atoms with Crippen LogP contribution in [0.15, 0.2) is 22.7 Å². The highest BCUT2D eigenvalue weighted by Gasteiger charge is 2.08. The third-order valence-electron chi connectivity index (χ3n) is 2.34. The lowest BCUT2D eigenvalue weighted by Crippen LogP contribution is -1.89. The summed E-state index contributed by atoms with van der Waals surface area (Å²) in [6.45, 7) is 1.66. The summed E-state index contributed by atoms with van der Waals surface area (Å²) in [5.41, 5.74) is 6.23. The number of halogens is 2. The Morgan fingerprint density at radius 1 is 1.24 bits per heavy atom. The van der Waals surface area contributed by atoms with Crippen molar-refractivity contribution in [3.63, 3.8) is 0 Å². The smallest absolute Gasteiger partial charge is 0.157 e. The van der Waals surface area contributed by atoms with Crippen LogP contribution in [0.5, 0.6) is 0 Å². The molecule has 0 saturated carbocycles. The summed E-state index contributed by atoms with van der Waals surface area (Å²) in [4.78, 5) is 0. The van der Waals surface area contributed by atoms with Gasteiger partial charge in [0.25, 0.3) is 0 Å². The SMILES string of the molecule is Cc1onc(C=Cc2c(F)cccc2F)c1N. The molecule has 2 rings (SSSR count). The molecule has 1 heterocycles. The van der Waals surface area contributed by atoms with Gasteiger partial charge in [-0.3, -0.25) is 0 Å². The highest BCUT2D eigenvalue weighted by atomic mass is 19.1. The molecule has 0 spiro atoms. The Balaban J connectivity index is 2.36. The van der Waals surface area contributed by atoms with E-state index in [9.17, 15) is 8.78 Å². The third kappa shape index (κ3) is 2.18. The standard InChI is InChI=1S/C12H10F2N2O/c1-7-12(15)11(16-17-7)6-5-8-9(13)3-2-4-10(8)14/h2-6H,15H2,1H3. The summed E-state index contributed by atoms with van der Waals surface area (Å²) in [5, 5.41) is 3.66. The predicted octanol–water partition coefficient (Wildman–Crippen LogP) is 3.01. The number of hydrogen-bond acceptors (Lipinski definition) is 3. The zero-order valence-corrected chi connectivity index (χ0v) is 9.08. The van der Waals surface area contributed by atoms with Crippen LogP contribution in [-0.4, -0.2) is 5.16 Å². The van der Waals surface area contributed by atoms with Crippen LogP contribution in [0.4, 0.5) is 14.5 Å². The van der Waals surface area contributed by atoms with E-state index in [1.165, 1.54) is 30.4 Å². The second kappa shape index (κ2) is 4.37. The normalized spacial score (nSPS) is 11.2. The molecule has 17 heavy (non-hydrogen) atoms. The molecule has 0 bridgehead atoms. The summed E-state index contributed by atoms with van der Waals surface area (Å²) in [5.74, 6) is -0.807. The van der Waals surface area contributed by atoms with Gasteiger partial charge in [-0.05, 0) is 31.2 Å². The fourth-order valence-corrected chi connectivity index (χ4v) is 1.35. The first-order valence-electron chi connectivity index (χ1n) is 4.93. The summed E-state index contributed by atoms with van der Waals surface area (Å²) in [7, 11) is 0. The quantitative estimate of drug-likeness (QED) is 0.871. The van der Waals surface area contributed by atoms with Gasteiger partial charge in [-0.25, -0.2) is 8.78 Å². The van der Waals surface area contributed by atoms with Gasteiger partial charge >= 0.3 is 0 Å². The second-order valence-electron chi connectivity index (χ2n) is 3.51. The van der Waals surface area contributed by atoms with Crippen LogP contribution in [0.3, 0.4) is 0 Å². The van der Waals surface area contributed by atoms with Gasteiger partial charge in [0.15, 0.2) is 5.76 Å². The topological polar surface area (TPSA) is 52.0 Å². The number of rotatable bonds is 2. The van der Waals surface area contributed by atoms with Crippen LogP contribution in [0.1, 0.15) is 17.0 Å². The maximum absolute atomic E-state index is 13.3. The van der Waals surface area contributed by atoms with E-state index < -0.39 is 11.6 Å². The molecule has 0 aliphatic heterocycles. The molecular weight excluding hydrogens is 226 g/mol. The molecule has 1 aromatic heterocycles. The molecule has 0 amide bonds. The van der Waals surface area contributed by atoms with Crippen LogP contribution in [0.25, 0.3) is 12.2 Å². The van der Waals surface area contributed by atoms with Gasteiger partial charge in [-0.15, -0.1) is 0 Å². The number of nitrogens with two attached hydrogens (primary N) is 1. The van der Waals surface area contributed by atoms with Crippen molar-refractivity contribution in [2.45, 2.75) is 6.92 Å². The maximum atomic E-state index is 13.3. The Labute approximate surface area is 96.5 Å². The first-order valence-corrected chi connectivity index (χ1v) is 4.93. The fourth-order valence-electron chi connectivity index (χ4n) is 1.35. The van der Waals surface area contributed by atoms with Gasteiger partial charge in [0.05, 0.1) is 0 Å². The van der Waals surface area contributed by atoms with Crippen molar-refractivity contribution in [1.29, 1.82) is 0 Å². The molecule has 0 aliphatic carbocycles. The first kappa shape index (κ1) is 11.3. The Bertz CT molecular complexity index is 556. The van der Waals surface area contributed by atoms with Crippen molar-refractivity contribution in [1.82, 2.24) is 5.16 Å². The van der Waals surface area contributed by atoms with E-state index in [4.69, 9.17) is 10.3 Å². The Morgan fingerprint density at radius 3 is 2.41 bits per heavy atom. The molecule has 88 valence electrons. The molecular formula is C12H10F2N2O. The van der Waals surface area contributed by atoms with Crippen LogP contribution < -0.4 is 5.73 Å². The number of nitrogen functional groups attached to an aromatic ring is 1. The highest BCUT2D eigenvalue weighted by Crippen LogP contribution is 2.20. The minimum absolute atomic E-state index is 0.132. The molecule has 2 aromatic rings. The third-order valence-corrected chi connectivity index (χ3v) is 2.34. The van der Waals surface area contributed by atoms with E-state index in [1.807, 2.05) is 0 Å². The van der Waals surface area contributed by atoms with Crippen molar-refractivity contribution >= 4 is 17.8 Å². The number of benzene rings is 1. The molecule has 5 heteroatoms. The van der Waals surface area contributed by atoms with E-state index in [-0.39, 0.29) is 5.56 Å². The molecule has 1 aromatic carbocycles. The Hall–Kier alpha value is -2.17. The maximum Gasteiger partial charge on any atom is 0.157 e. The van der Waals surface area contributed by atoms with E-state index in [0.29, 0.717) is 17.1 Å². The average molecular weight is 236 g/mol. The number of hydrogen-bond donors (Lipinski definition) is 1. The Morgan fingerprint density at radius 2 is 1.88 bits per heavy atom. The van der Waals surface area contributed by atoms with Gasteiger partial charge in [-0.2, -0.15) is 0 Å². The fraction of sp³-hybridized carbons (Fsp3) is 0.0833. The van der Waals surface area contributed by atoms with E-state index in [0.717, 1.165) is 0 Å². The molecule has 0 aliphatic rings. The molecule has 0 unspecified atom stereocenters. The number of aryl methyl sites for hydroxylation is 1. The molecule has 3 nitrogen and oxygen atoms in total. The van der Waals surface area contributed by atoms with Crippen molar-refractivity contribution in [3.05, 3.63) is 46.9 Å². The summed E-state index contributed by atoms with van der Waals surface area (Å²) < 4.78 is 31.4. The molecule has 0 radical (unpaired) electrons. The average Bonchev–Trinajstić information content (AvgIpc) is 2.60. The minimum Gasteiger partial charge on any atom is -0.394 e. The number of anilines is 1. The van der Waals surface area contributed by atoms with Crippen LogP contribution in [0.2, 0.25) is 0 Å². The minimum atomic E-state index is -0.639. The zero-order chi connectivity index (χ0) is 12.4. The largest absolute Gasteiger partial charge is 0.394 e. The van der Waals surface area contributed by atoms with E-state index in [1.54, 1.807) is 6.92 Å². The van der Waals surface area contributed by atoms with Crippen LogP contribution >= 0.6 is 0 Å². The molecule has 2 N–H and O–H groups in total. The zero-order valence-electron chi connectivity index (χ0n) is 9.08. The summed E-state index contributed by atoms with van der Waals surface area (Å²) >= 11 is 0. The van der Waals surface area contributed by atoms with Gasteiger partial charge < -0.3 is 10.3 Å². The van der Waals surface area contributed by atoms with Crippen LogP contribution in [0, 0.1) is 18.6 Å². The van der Waals surface area contributed by atoms with Gasteiger partial charge in [0, 0.05) is 5.56 Å². The second-order valence-corrected chi connectivity index (χ2v) is 3.51. The van der Waals surface area contributed by atoms with Crippen LogP contribution in [-0.2, 0) is 0 Å². The molecule has 0 saturated heterocycles. The van der Waals surface area contributed by atoms with Crippen molar-refractivity contribution < 1.29 is 13.3 Å². The predicted molar refractivity (Wildman–Crippen MR) is 60.9 cm³/mol. The lowest BCUT2D eigenvalue weighted by atomic mass is 10.1. The van der Waals surface area contributed by atoms with Crippen molar-refractivity contribution in [3.8, 4) is 0 Å². The summed E-state index contributed by atoms with van der Waals surface area (Å²) in [6, 6.07) is 3.66. The highest BCUT2D eigenvalue weighted by molar-refractivity contribution is 5.74. The van der Waals surface area contributed by atoms with Crippen molar-refractivity contribution in [2.75, 3.05) is 5.73 Å². The Kier molecular flexibility index (Phi) is 2.91. The lowest BCUT2D eigenvalue weighted by molar-refractivity contribution is 0.396. The first-order chi connectivity index (χ1) is 8.09. The van der Waals surface area contributed by atoms with E-state index >= 15 is 0 Å². The molecule has 0 atom stereocenters. The van der Waals surface area contributed by atoms with Crippen molar-refractivity contribution in [2.24, 2.45) is 0 Å². The summed E-state index contributed by atoms with van der Waals surface area (Å²) in [6.07, 6.45) is 2.69. The monoisotopic (exact) mass is 236 g/mol. The number of nitrogens with zero attached hydrogens (tertiary/aromatic N) is 1. The van der Waals surface area contributed by atoms with E-state index in [2.05, 4.69) is 5.16 Å². The number of aromatic nitrogens is 1.